The monoisotopic (exact) mass is 349 g/mol. The minimum atomic E-state index is -4.51. The molecule has 1 atom stereocenters. The van der Waals surface area contributed by atoms with Gasteiger partial charge in [-0.05, 0) is 0 Å². The van der Waals surface area contributed by atoms with Gasteiger partial charge in [0.25, 0.3) is 11.5 Å². The fraction of sp³-hybridized carbons (Fsp3) is 0.615. The Hall–Kier alpha value is -2.14. The molecule has 1 aromatic rings. The summed E-state index contributed by atoms with van der Waals surface area (Å²) in [4.78, 5) is 38.0. The summed E-state index contributed by atoms with van der Waals surface area (Å²) in [6.45, 7) is 0.605. The van der Waals surface area contributed by atoms with Gasteiger partial charge in [-0.1, -0.05) is 0 Å². The van der Waals surface area contributed by atoms with Crippen LogP contribution in [0.3, 0.4) is 0 Å². The van der Waals surface area contributed by atoms with Gasteiger partial charge in [0, 0.05) is 46.0 Å². The number of piperazine rings is 1. The molecule has 1 saturated heterocycles. The lowest BCUT2D eigenvalue weighted by Crippen LogP contribution is -2.57. The Labute approximate surface area is 134 Å². The number of aryl methyl sites for hydroxylation is 1. The van der Waals surface area contributed by atoms with E-state index in [1.165, 1.54) is 11.9 Å². The third-order valence-corrected chi connectivity index (χ3v) is 3.78. The summed E-state index contributed by atoms with van der Waals surface area (Å²) in [5.41, 5.74) is -2.08. The highest BCUT2D eigenvalue weighted by Gasteiger charge is 2.43. The van der Waals surface area contributed by atoms with Gasteiger partial charge in [0.05, 0.1) is 0 Å². The van der Waals surface area contributed by atoms with Crippen LogP contribution in [0.25, 0.3) is 0 Å². The fourth-order valence-electron chi connectivity index (χ4n) is 2.46. The van der Waals surface area contributed by atoms with Gasteiger partial charge in [0.2, 0.25) is 0 Å². The molecule has 1 aliphatic rings. The number of carbonyl (C=O) groups excluding carboxylic acids is 1. The summed E-state index contributed by atoms with van der Waals surface area (Å²) >= 11 is 0. The van der Waals surface area contributed by atoms with Gasteiger partial charge >= 0.3 is 11.9 Å². The zero-order valence-electron chi connectivity index (χ0n) is 12.9. The summed E-state index contributed by atoms with van der Waals surface area (Å²) in [7, 11) is 1.31. The number of nitrogens with zero attached hydrogens (tertiary/aromatic N) is 2. The Morgan fingerprint density at radius 1 is 1.33 bits per heavy atom. The first kappa shape index (κ1) is 18.2. The molecule has 0 aliphatic carbocycles. The number of rotatable bonds is 4. The third kappa shape index (κ3) is 4.23. The molecule has 24 heavy (non-hydrogen) atoms. The third-order valence-electron chi connectivity index (χ3n) is 3.78. The maximum Gasteiger partial charge on any atom is 0.405 e. The Morgan fingerprint density at radius 2 is 1.96 bits per heavy atom. The number of halogens is 3. The smallest absolute Gasteiger partial charge is 0.350 e. The molecule has 8 nitrogen and oxygen atoms in total. The van der Waals surface area contributed by atoms with Crippen LogP contribution in [0.4, 0.5) is 13.2 Å². The van der Waals surface area contributed by atoms with Crippen LogP contribution in [0.2, 0.25) is 0 Å². The second-order valence-corrected chi connectivity index (χ2v) is 5.47. The molecule has 0 saturated carbocycles. The second kappa shape index (κ2) is 7.18. The molecule has 3 N–H and O–H groups in total. The molecule has 1 aromatic heterocycles. The summed E-state index contributed by atoms with van der Waals surface area (Å²) in [6.07, 6.45) is -3.52. The molecule has 2 heterocycles. The summed E-state index contributed by atoms with van der Waals surface area (Å²) in [5, 5.41) is 5.09. The molecule has 1 fully saturated rings. The van der Waals surface area contributed by atoms with Gasteiger partial charge in [0.1, 0.15) is 11.6 Å². The average molecular weight is 349 g/mol. The number of alkyl halides is 3. The number of hydrogen-bond donors (Lipinski definition) is 3. The molecule has 1 unspecified atom stereocenters. The summed E-state index contributed by atoms with van der Waals surface area (Å²) in [5.74, 6) is -0.962. The predicted octanol–water partition coefficient (Wildman–Crippen LogP) is -1.36. The lowest BCUT2D eigenvalue weighted by atomic mass is 10.2. The van der Waals surface area contributed by atoms with Crippen molar-refractivity contribution < 1.29 is 18.0 Å². The molecule has 2 rings (SSSR count). The van der Waals surface area contributed by atoms with E-state index in [4.69, 9.17) is 0 Å². The molecule has 0 radical (unpaired) electrons. The van der Waals surface area contributed by atoms with E-state index in [1.54, 1.807) is 0 Å². The molecule has 1 aliphatic heterocycles. The van der Waals surface area contributed by atoms with Gasteiger partial charge in [0.15, 0.2) is 0 Å². The van der Waals surface area contributed by atoms with Gasteiger partial charge in [-0.25, -0.2) is 4.79 Å². The Kier molecular flexibility index (Phi) is 5.44. The molecule has 0 aromatic carbocycles. The van der Waals surface area contributed by atoms with Gasteiger partial charge in [-0.3, -0.25) is 19.5 Å². The van der Waals surface area contributed by atoms with Crippen molar-refractivity contribution >= 4 is 5.91 Å². The van der Waals surface area contributed by atoms with Crippen LogP contribution in [0.15, 0.2) is 15.8 Å². The highest BCUT2D eigenvalue weighted by molar-refractivity contribution is 5.93. The topological polar surface area (TPSA) is 99.2 Å². The zero-order valence-corrected chi connectivity index (χ0v) is 12.9. The quantitative estimate of drug-likeness (QED) is 0.624. The van der Waals surface area contributed by atoms with Crippen molar-refractivity contribution in [3.63, 3.8) is 0 Å². The number of H-pyrrole nitrogens is 1. The van der Waals surface area contributed by atoms with E-state index in [0.717, 1.165) is 10.8 Å². The molecule has 1 amide bonds. The molecule has 11 heteroatoms. The lowest BCUT2D eigenvalue weighted by Gasteiger charge is -2.35. The van der Waals surface area contributed by atoms with Crippen molar-refractivity contribution in [2.24, 2.45) is 7.05 Å². The number of nitrogens with one attached hydrogen (secondary N) is 3. The van der Waals surface area contributed by atoms with E-state index in [1.807, 2.05) is 4.98 Å². The van der Waals surface area contributed by atoms with Crippen LogP contribution in [-0.4, -0.2) is 65.3 Å². The number of amides is 1. The number of aromatic nitrogens is 2. The van der Waals surface area contributed by atoms with E-state index < -0.39 is 41.5 Å². The molecule has 0 bridgehead atoms. The van der Waals surface area contributed by atoms with Crippen molar-refractivity contribution in [2.75, 3.05) is 32.7 Å². The first-order valence-electron chi connectivity index (χ1n) is 7.30. The van der Waals surface area contributed by atoms with Crippen LogP contribution in [0.1, 0.15) is 10.4 Å². The van der Waals surface area contributed by atoms with Gasteiger partial charge in [-0.15, -0.1) is 0 Å². The van der Waals surface area contributed by atoms with Crippen LogP contribution < -0.4 is 21.9 Å². The first-order valence-corrected chi connectivity index (χ1v) is 7.30. The summed E-state index contributed by atoms with van der Waals surface area (Å²) < 4.78 is 40.6. The van der Waals surface area contributed by atoms with Crippen LogP contribution in [0.5, 0.6) is 0 Å². The normalized spacial score (nSPS) is 17.5. The van der Waals surface area contributed by atoms with E-state index in [-0.39, 0.29) is 13.1 Å². The number of aromatic amines is 1. The zero-order chi connectivity index (χ0) is 17.9. The van der Waals surface area contributed by atoms with Gasteiger partial charge < -0.3 is 15.2 Å². The van der Waals surface area contributed by atoms with Crippen LogP contribution in [-0.2, 0) is 7.05 Å². The van der Waals surface area contributed by atoms with Crippen molar-refractivity contribution in [3.8, 4) is 0 Å². The average Bonchev–Trinajstić information content (AvgIpc) is 2.50. The SMILES string of the molecule is Cn1cc(C(=O)NCC(N2CCNCC2)C(F)(F)F)c(=O)[nH]c1=O. The van der Waals surface area contributed by atoms with Crippen LogP contribution >= 0.6 is 0 Å². The lowest BCUT2D eigenvalue weighted by molar-refractivity contribution is -0.183. The minimum Gasteiger partial charge on any atom is -0.350 e. The Morgan fingerprint density at radius 3 is 2.54 bits per heavy atom. The van der Waals surface area contributed by atoms with Crippen molar-refractivity contribution in [1.29, 1.82) is 0 Å². The number of carbonyl (C=O) groups is 1. The van der Waals surface area contributed by atoms with Crippen molar-refractivity contribution in [1.82, 2.24) is 25.1 Å². The maximum absolute atomic E-state index is 13.2. The van der Waals surface area contributed by atoms with Gasteiger partial charge in [-0.2, -0.15) is 13.2 Å². The Balaban J connectivity index is 2.11. The Bertz CT molecular complexity index is 706. The van der Waals surface area contributed by atoms with E-state index in [9.17, 15) is 27.6 Å². The second-order valence-electron chi connectivity index (χ2n) is 5.47. The fourth-order valence-corrected chi connectivity index (χ4v) is 2.46. The highest BCUT2D eigenvalue weighted by atomic mass is 19.4. The largest absolute Gasteiger partial charge is 0.405 e. The van der Waals surface area contributed by atoms with E-state index in [2.05, 4.69) is 10.6 Å². The molecule has 134 valence electrons. The van der Waals surface area contributed by atoms with E-state index >= 15 is 0 Å². The first-order chi connectivity index (χ1) is 11.2. The standard InChI is InChI=1S/C13H18F3N5O3/c1-20-7-8(11(23)19-12(20)24)10(22)18-6-9(13(14,15)16)21-4-2-17-3-5-21/h7,9,17H,2-6H2,1H3,(H,18,22)(H,19,23,24). The number of hydrogen-bond acceptors (Lipinski definition) is 5. The minimum absolute atomic E-state index is 0.209. The predicted molar refractivity (Wildman–Crippen MR) is 78.9 cm³/mol. The van der Waals surface area contributed by atoms with Crippen molar-refractivity contribution in [2.45, 2.75) is 12.2 Å². The van der Waals surface area contributed by atoms with Crippen molar-refractivity contribution in [3.05, 3.63) is 32.6 Å². The van der Waals surface area contributed by atoms with Crippen LogP contribution in [0, 0.1) is 0 Å². The molecular weight excluding hydrogens is 331 g/mol. The molecule has 0 spiro atoms. The maximum atomic E-state index is 13.2. The highest BCUT2D eigenvalue weighted by Crippen LogP contribution is 2.24. The summed E-state index contributed by atoms with van der Waals surface area (Å²) in [6, 6.07) is -1.84. The van der Waals surface area contributed by atoms with E-state index in [0.29, 0.717) is 13.1 Å². The molecular formula is C13H18F3N5O3.